The van der Waals surface area contributed by atoms with Crippen LogP contribution in [0.5, 0.6) is 0 Å². The molecule has 2 atom stereocenters. The molecule has 0 aliphatic heterocycles. The van der Waals surface area contributed by atoms with Crippen molar-refractivity contribution in [2.24, 2.45) is 11.7 Å². The van der Waals surface area contributed by atoms with Crippen LogP contribution < -0.4 is 5.73 Å². The zero-order chi connectivity index (χ0) is 12.0. The van der Waals surface area contributed by atoms with Crippen LogP contribution in [-0.2, 0) is 4.79 Å². The van der Waals surface area contributed by atoms with Crippen LogP contribution >= 0.6 is 0 Å². The van der Waals surface area contributed by atoms with Crippen LogP contribution in [0, 0.1) is 5.92 Å². The molecule has 3 N–H and O–H groups in total. The number of nitrogens with two attached hydrogens (primary N) is 1. The highest BCUT2D eigenvalue weighted by Crippen LogP contribution is 2.24. The summed E-state index contributed by atoms with van der Waals surface area (Å²) in [5.41, 5.74) is 6.00. The summed E-state index contributed by atoms with van der Waals surface area (Å²) >= 11 is 0. The van der Waals surface area contributed by atoms with E-state index >= 15 is 0 Å². The molecule has 1 aliphatic carbocycles. The highest BCUT2D eigenvalue weighted by atomic mass is 16.3. The molecule has 1 aliphatic rings. The number of aliphatic hydroxyl groups is 1. The number of nitrogens with zero attached hydrogens (tertiary/aromatic N) is 1. The first kappa shape index (κ1) is 13.5. The van der Waals surface area contributed by atoms with E-state index in [1.165, 1.54) is 0 Å². The summed E-state index contributed by atoms with van der Waals surface area (Å²) in [6, 6.07) is 0.0132. The SMILES string of the molecule is CCCN(CCO)C(=O)C1CCCCC1N. The number of amides is 1. The number of aliphatic hydroxyl groups excluding tert-OH is 1. The predicted octanol–water partition coefficient (Wildman–Crippen LogP) is 0.735. The zero-order valence-corrected chi connectivity index (χ0v) is 10.2. The molecule has 1 rings (SSSR count). The van der Waals surface area contributed by atoms with Crippen molar-refractivity contribution in [3.8, 4) is 0 Å². The molecule has 1 fully saturated rings. The third-order valence-electron chi connectivity index (χ3n) is 3.31. The van der Waals surface area contributed by atoms with E-state index in [1.807, 2.05) is 6.92 Å². The fourth-order valence-corrected chi connectivity index (χ4v) is 2.42. The van der Waals surface area contributed by atoms with Crippen molar-refractivity contribution in [1.29, 1.82) is 0 Å². The minimum absolute atomic E-state index is 0.0132. The van der Waals surface area contributed by atoms with Crippen LogP contribution in [-0.4, -0.2) is 41.7 Å². The van der Waals surface area contributed by atoms with E-state index in [-0.39, 0.29) is 24.5 Å². The summed E-state index contributed by atoms with van der Waals surface area (Å²) in [6.45, 7) is 3.24. The molecule has 0 saturated heterocycles. The third kappa shape index (κ3) is 3.46. The van der Waals surface area contributed by atoms with E-state index in [9.17, 15) is 4.79 Å². The second kappa shape index (κ2) is 6.86. The van der Waals surface area contributed by atoms with Gasteiger partial charge in [0.15, 0.2) is 0 Å². The molecule has 4 nitrogen and oxygen atoms in total. The quantitative estimate of drug-likeness (QED) is 0.729. The maximum Gasteiger partial charge on any atom is 0.227 e. The minimum Gasteiger partial charge on any atom is -0.395 e. The van der Waals surface area contributed by atoms with Gasteiger partial charge in [-0.3, -0.25) is 4.79 Å². The molecule has 0 aromatic rings. The Morgan fingerprint density at radius 1 is 1.38 bits per heavy atom. The van der Waals surface area contributed by atoms with Gasteiger partial charge < -0.3 is 15.7 Å². The molecule has 2 unspecified atom stereocenters. The van der Waals surface area contributed by atoms with Gasteiger partial charge in [0.2, 0.25) is 5.91 Å². The average molecular weight is 228 g/mol. The van der Waals surface area contributed by atoms with Crippen LogP contribution in [0.3, 0.4) is 0 Å². The molecule has 0 aromatic carbocycles. The van der Waals surface area contributed by atoms with Crippen molar-refractivity contribution >= 4 is 5.91 Å². The Hall–Kier alpha value is -0.610. The third-order valence-corrected chi connectivity index (χ3v) is 3.31. The second-order valence-electron chi connectivity index (χ2n) is 4.60. The van der Waals surface area contributed by atoms with Crippen LogP contribution in [0.2, 0.25) is 0 Å². The maximum atomic E-state index is 12.2. The summed E-state index contributed by atoms with van der Waals surface area (Å²) in [4.78, 5) is 14.0. The minimum atomic E-state index is -0.0214. The Kier molecular flexibility index (Phi) is 5.77. The van der Waals surface area contributed by atoms with Crippen LogP contribution in [0.15, 0.2) is 0 Å². The summed E-state index contributed by atoms with van der Waals surface area (Å²) < 4.78 is 0. The van der Waals surface area contributed by atoms with Gasteiger partial charge in [-0.1, -0.05) is 19.8 Å². The smallest absolute Gasteiger partial charge is 0.227 e. The van der Waals surface area contributed by atoms with E-state index in [0.717, 1.165) is 38.6 Å². The first-order valence-corrected chi connectivity index (χ1v) is 6.36. The summed E-state index contributed by atoms with van der Waals surface area (Å²) in [5, 5.41) is 8.95. The highest BCUT2D eigenvalue weighted by molar-refractivity contribution is 5.79. The molecule has 16 heavy (non-hydrogen) atoms. The van der Waals surface area contributed by atoms with Crippen LogP contribution in [0.25, 0.3) is 0 Å². The van der Waals surface area contributed by atoms with E-state index < -0.39 is 0 Å². The summed E-state index contributed by atoms with van der Waals surface area (Å²) in [6.07, 6.45) is 5.02. The monoisotopic (exact) mass is 228 g/mol. The molecule has 0 spiro atoms. The fourth-order valence-electron chi connectivity index (χ4n) is 2.42. The molecule has 0 radical (unpaired) electrons. The van der Waals surface area contributed by atoms with Gasteiger partial charge in [0.05, 0.1) is 12.5 Å². The molecular formula is C12H24N2O2. The normalized spacial score (nSPS) is 25.4. The summed E-state index contributed by atoms with van der Waals surface area (Å²) in [5.74, 6) is 0.120. The largest absolute Gasteiger partial charge is 0.395 e. The Bertz CT molecular complexity index is 215. The molecule has 1 saturated carbocycles. The number of hydrogen-bond acceptors (Lipinski definition) is 3. The lowest BCUT2D eigenvalue weighted by Gasteiger charge is -2.32. The summed E-state index contributed by atoms with van der Waals surface area (Å²) in [7, 11) is 0. The van der Waals surface area contributed by atoms with Crippen LogP contribution in [0.4, 0.5) is 0 Å². The lowest BCUT2D eigenvalue weighted by atomic mass is 9.84. The highest BCUT2D eigenvalue weighted by Gasteiger charge is 2.30. The maximum absolute atomic E-state index is 12.2. The first-order chi connectivity index (χ1) is 7.70. The molecule has 0 heterocycles. The van der Waals surface area contributed by atoms with Crippen LogP contribution in [0.1, 0.15) is 39.0 Å². The van der Waals surface area contributed by atoms with Crippen molar-refractivity contribution in [1.82, 2.24) is 4.90 Å². The van der Waals surface area contributed by atoms with Crippen molar-refractivity contribution in [3.05, 3.63) is 0 Å². The standard InChI is InChI=1S/C12H24N2O2/c1-2-7-14(8-9-15)12(16)10-5-3-4-6-11(10)13/h10-11,15H,2-9,13H2,1H3. The molecule has 4 heteroatoms. The van der Waals surface area contributed by atoms with Gasteiger partial charge in [0, 0.05) is 19.1 Å². The average Bonchev–Trinajstić information content (AvgIpc) is 2.28. The lowest BCUT2D eigenvalue weighted by molar-refractivity contribution is -0.137. The van der Waals surface area contributed by atoms with Gasteiger partial charge in [0.1, 0.15) is 0 Å². The number of carbonyl (C=O) groups excluding carboxylic acids is 1. The Balaban J connectivity index is 2.57. The second-order valence-corrected chi connectivity index (χ2v) is 4.60. The predicted molar refractivity (Wildman–Crippen MR) is 63.9 cm³/mol. The van der Waals surface area contributed by atoms with Gasteiger partial charge >= 0.3 is 0 Å². The van der Waals surface area contributed by atoms with Crippen molar-refractivity contribution in [2.45, 2.75) is 45.1 Å². The van der Waals surface area contributed by atoms with Gasteiger partial charge in [-0.15, -0.1) is 0 Å². The lowest BCUT2D eigenvalue weighted by Crippen LogP contribution is -2.46. The molecular weight excluding hydrogens is 204 g/mol. The molecule has 0 aromatic heterocycles. The Morgan fingerprint density at radius 2 is 2.06 bits per heavy atom. The Labute approximate surface area is 97.8 Å². The van der Waals surface area contributed by atoms with E-state index in [1.54, 1.807) is 4.90 Å². The van der Waals surface area contributed by atoms with Gasteiger partial charge in [0.25, 0.3) is 0 Å². The fraction of sp³-hybridized carbons (Fsp3) is 0.917. The Morgan fingerprint density at radius 3 is 2.62 bits per heavy atom. The number of rotatable bonds is 5. The van der Waals surface area contributed by atoms with Gasteiger partial charge in [-0.05, 0) is 19.3 Å². The molecule has 94 valence electrons. The van der Waals surface area contributed by atoms with E-state index in [2.05, 4.69) is 0 Å². The topological polar surface area (TPSA) is 66.6 Å². The van der Waals surface area contributed by atoms with Gasteiger partial charge in [-0.25, -0.2) is 0 Å². The number of carbonyl (C=O) groups is 1. The van der Waals surface area contributed by atoms with Crippen molar-refractivity contribution < 1.29 is 9.90 Å². The van der Waals surface area contributed by atoms with Crippen molar-refractivity contribution in [3.63, 3.8) is 0 Å². The number of hydrogen-bond donors (Lipinski definition) is 2. The molecule has 0 bridgehead atoms. The van der Waals surface area contributed by atoms with E-state index in [4.69, 9.17) is 10.8 Å². The molecule has 1 amide bonds. The zero-order valence-electron chi connectivity index (χ0n) is 10.2. The first-order valence-electron chi connectivity index (χ1n) is 6.36. The van der Waals surface area contributed by atoms with Gasteiger partial charge in [-0.2, -0.15) is 0 Å². The van der Waals surface area contributed by atoms with E-state index in [0.29, 0.717) is 6.54 Å². The van der Waals surface area contributed by atoms with Crippen molar-refractivity contribution in [2.75, 3.05) is 19.7 Å².